The van der Waals surface area contributed by atoms with E-state index < -0.39 is 23.2 Å². The number of anilines is 2. The van der Waals surface area contributed by atoms with Crippen molar-refractivity contribution in [3.63, 3.8) is 0 Å². The summed E-state index contributed by atoms with van der Waals surface area (Å²) in [6.45, 7) is 0.0856. The summed E-state index contributed by atoms with van der Waals surface area (Å²) in [7, 11) is 0. The molecule has 37 heavy (non-hydrogen) atoms. The number of benzene rings is 2. The van der Waals surface area contributed by atoms with Crippen molar-refractivity contribution >= 4 is 28.8 Å². The standard InChI is InChI=1S/C25H20F3N7O2/c26-17-9-5-4-6-15(17)13-31-20(19-10-11-37-35-19)12-18(29)23-32-14-21(22(30)34-23)33-24(36)25(27,28)16-7-2-1-3-8-16/h1-12,14,29,31H,13H2,(H,33,36)(H2,30,32,34)/b20-12-,29-18?. The van der Waals surface area contributed by atoms with Crippen LogP contribution in [0.4, 0.5) is 24.7 Å². The molecule has 0 atom stereocenters. The molecule has 0 spiro atoms. The molecule has 2 aromatic carbocycles. The lowest BCUT2D eigenvalue weighted by atomic mass is 10.1. The van der Waals surface area contributed by atoms with E-state index in [9.17, 15) is 18.0 Å². The van der Waals surface area contributed by atoms with Crippen molar-refractivity contribution in [2.75, 3.05) is 11.1 Å². The first-order valence-corrected chi connectivity index (χ1v) is 10.8. The van der Waals surface area contributed by atoms with Gasteiger partial charge in [0.2, 0.25) is 0 Å². The lowest BCUT2D eigenvalue weighted by molar-refractivity contribution is -0.140. The number of hydrogen-bond donors (Lipinski definition) is 4. The summed E-state index contributed by atoms with van der Waals surface area (Å²) in [5.74, 6) is -6.31. The number of hydrogen-bond acceptors (Lipinski definition) is 8. The Labute approximate surface area is 208 Å². The van der Waals surface area contributed by atoms with Crippen LogP contribution in [-0.2, 0) is 17.3 Å². The van der Waals surface area contributed by atoms with E-state index in [0.29, 0.717) is 17.0 Å². The number of halogens is 3. The molecule has 0 saturated heterocycles. The maximum absolute atomic E-state index is 14.5. The van der Waals surface area contributed by atoms with E-state index in [1.165, 1.54) is 36.6 Å². The van der Waals surface area contributed by atoms with Gasteiger partial charge < -0.3 is 20.9 Å². The second-order valence-corrected chi connectivity index (χ2v) is 7.69. The molecule has 9 nitrogen and oxygen atoms in total. The van der Waals surface area contributed by atoms with Gasteiger partial charge in [-0.3, -0.25) is 10.2 Å². The maximum atomic E-state index is 14.5. The Kier molecular flexibility index (Phi) is 7.28. The molecule has 12 heteroatoms. The van der Waals surface area contributed by atoms with Crippen LogP contribution < -0.4 is 16.4 Å². The number of carbonyl (C=O) groups is 1. The number of rotatable bonds is 9. The fraction of sp³-hybridized carbons (Fsp3) is 0.0800. The molecule has 5 N–H and O–H groups in total. The number of nitrogens with one attached hydrogen (secondary N) is 3. The molecular formula is C25H20F3N7O2. The first kappa shape index (κ1) is 25.1. The predicted molar refractivity (Wildman–Crippen MR) is 130 cm³/mol. The predicted octanol–water partition coefficient (Wildman–Crippen LogP) is 4.12. The maximum Gasteiger partial charge on any atom is 0.350 e. The van der Waals surface area contributed by atoms with Gasteiger partial charge in [0.1, 0.15) is 29.2 Å². The normalized spacial score (nSPS) is 11.7. The van der Waals surface area contributed by atoms with Crippen LogP contribution in [0.25, 0.3) is 5.70 Å². The highest BCUT2D eigenvalue weighted by Crippen LogP contribution is 2.30. The van der Waals surface area contributed by atoms with Crippen molar-refractivity contribution in [1.29, 1.82) is 5.41 Å². The molecule has 0 unspecified atom stereocenters. The van der Waals surface area contributed by atoms with Crippen molar-refractivity contribution in [1.82, 2.24) is 20.4 Å². The molecule has 0 aliphatic rings. The van der Waals surface area contributed by atoms with Crippen molar-refractivity contribution in [3.8, 4) is 0 Å². The van der Waals surface area contributed by atoms with Crippen LogP contribution in [0.1, 0.15) is 22.6 Å². The summed E-state index contributed by atoms with van der Waals surface area (Å²) < 4.78 is 47.9. The Morgan fingerprint density at radius 1 is 1.11 bits per heavy atom. The SMILES string of the molecule is N=C(/C=C(\NCc1ccccc1F)c1ccon1)c1ncc(NC(=O)C(F)(F)c2ccccc2)c(N)n1. The highest BCUT2D eigenvalue weighted by atomic mass is 19.3. The second-order valence-electron chi connectivity index (χ2n) is 7.69. The molecule has 0 radical (unpaired) electrons. The molecular weight excluding hydrogens is 487 g/mol. The van der Waals surface area contributed by atoms with Gasteiger partial charge >= 0.3 is 5.92 Å². The van der Waals surface area contributed by atoms with Crippen LogP contribution in [0.2, 0.25) is 0 Å². The summed E-state index contributed by atoms with van der Waals surface area (Å²) in [4.78, 5) is 20.1. The van der Waals surface area contributed by atoms with Gasteiger partial charge in [0, 0.05) is 23.7 Å². The summed E-state index contributed by atoms with van der Waals surface area (Å²) in [5, 5.41) is 17.2. The van der Waals surface area contributed by atoms with E-state index in [-0.39, 0.29) is 29.6 Å². The van der Waals surface area contributed by atoms with Crippen molar-refractivity contribution in [2.45, 2.75) is 12.5 Å². The van der Waals surface area contributed by atoms with Gasteiger partial charge in [0.15, 0.2) is 11.6 Å². The number of nitrogens with two attached hydrogens (primary N) is 1. The van der Waals surface area contributed by atoms with Crippen LogP contribution >= 0.6 is 0 Å². The van der Waals surface area contributed by atoms with Crippen LogP contribution in [0.3, 0.4) is 0 Å². The summed E-state index contributed by atoms with van der Waals surface area (Å²) in [6.07, 6.45) is 3.69. The molecule has 0 fully saturated rings. The average molecular weight is 507 g/mol. The van der Waals surface area contributed by atoms with Crippen molar-refractivity contribution in [2.24, 2.45) is 0 Å². The van der Waals surface area contributed by atoms with E-state index in [1.807, 2.05) is 5.32 Å². The summed E-state index contributed by atoms with van der Waals surface area (Å²) >= 11 is 0. The molecule has 0 bridgehead atoms. The molecule has 0 aliphatic heterocycles. The zero-order valence-electron chi connectivity index (χ0n) is 19.1. The minimum absolute atomic E-state index is 0.0856. The number of nitrogen functional groups attached to an aromatic ring is 1. The Hall–Kier alpha value is -5.00. The highest BCUT2D eigenvalue weighted by Gasteiger charge is 2.41. The molecule has 0 saturated carbocycles. The third kappa shape index (κ3) is 5.81. The summed E-state index contributed by atoms with van der Waals surface area (Å²) in [6, 6.07) is 14.3. The monoisotopic (exact) mass is 507 g/mol. The van der Waals surface area contributed by atoms with Crippen LogP contribution in [0.15, 0.2) is 83.7 Å². The van der Waals surface area contributed by atoms with E-state index in [0.717, 1.165) is 18.3 Å². The smallest absolute Gasteiger partial charge is 0.350 e. The number of nitrogens with zero attached hydrogens (tertiary/aromatic N) is 3. The largest absolute Gasteiger partial charge is 0.382 e. The zero-order valence-corrected chi connectivity index (χ0v) is 19.1. The molecule has 4 aromatic rings. The van der Waals surface area contributed by atoms with Gasteiger partial charge in [-0.05, 0) is 12.1 Å². The Morgan fingerprint density at radius 3 is 2.51 bits per heavy atom. The number of carbonyl (C=O) groups excluding carboxylic acids is 1. The van der Waals surface area contributed by atoms with Crippen LogP contribution in [-0.4, -0.2) is 26.7 Å². The topological polar surface area (TPSA) is 143 Å². The Bertz CT molecular complexity index is 1440. The third-order valence-corrected chi connectivity index (χ3v) is 5.16. The van der Waals surface area contributed by atoms with Crippen molar-refractivity contribution in [3.05, 3.63) is 108 Å². The Balaban J connectivity index is 1.52. The van der Waals surface area contributed by atoms with Gasteiger partial charge in [-0.2, -0.15) is 8.78 Å². The quantitative estimate of drug-likeness (QED) is 0.250. The summed E-state index contributed by atoms with van der Waals surface area (Å²) in [5.41, 5.74) is 5.93. The van der Waals surface area contributed by atoms with E-state index in [2.05, 4.69) is 20.4 Å². The first-order chi connectivity index (χ1) is 17.8. The van der Waals surface area contributed by atoms with E-state index in [4.69, 9.17) is 15.7 Å². The van der Waals surface area contributed by atoms with E-state index in [1.54, 1.807) is 24.3 Å². The van der Waals surface area contributed by atoms with Crippen LogP contribution in [0.5, 0.6) is 0 Å². The van der Waals surface area contributed by atoms with Gasteiger partial charge in [0.05, 0.1) is 11.9 Å². The molecule has 4 rings (SSSR count). The average Bonchev–Trinajstić information content (AvgIpc) is 3.44. The second kappa shape index (κ2) is 10.7. The van der Waals surface area contributed by atoms with Crippen molar-refractivity contribution < 1.29 is 22.5 Å². The molecule has 1 amide bonds. The Morgan fingerprint density at radius 2 is 1.84 bits per heavy atom. The minimum atomic E-state index is -3.82. The lowest BCUT2D eigenvalue weighted by Crippen LogP contribution is -2.32. The number of amides is 1. The molecule has 0 aliphatic carbocycles. The number of alkyl halides is 2. The first-order valence-electron chi connectivity index (χ1n) is 10.8. The molecule has 2 aromatic heterocycles. The van der Waals surface area contributed by atoms with Gasteiger partial charge in [-0.15, -0.1) is 0 Å². The fourth-order valence-electron chi connectivity index (χ4n) is 3.21. The molecule has 2 heterocycles. The van der Waals surface area contributed by atoms with Gasteiger partial charge in [0.25, 0.3) is 5.91 Å². The van der Waals surface area contributed by atoms with Crippen LogP contribution in [0, 0.1) is 11.2 Å². The number of allylic oxidation sites excluding steroid dienone is 1. The molecule has 188 valence electrons. The third-order valence-electron chi connectivity index (χ3n) is 5.16. The minimum Gasteiger partial charge on any atom is -0.382 e. The zero-order chi connectivity index (χ0) is 26.4. The van der Waals surface area contributed by atoms with E-state index >= 15 is 0 Å². The fourth-order valence-corrected chi connectivity index (χ4v) is 3.21. The lowest BCUT2D eigenvalue weighted by Gasteiger charge is -2.17. The number of aromatic nitrogens is 3. The van der Waals surface area contributed by atoms with Gasteiger partial charge in [-0.1, -0.05) is 53.7 Å². The van der Waals surface area contributed by atoms with Gasteiger partial charge in [-0.25, -0.2) is 14.4 Å². The highest BCUT2D eigenvalue weighted by molar-refractivity contribution is 6.08.